The molecule has 0 spiro atoms. The number of carboxylic acid groups (broad SMARTS) is 1. The van der Waals surface area contributed by atoms with Gasteiger partial charge in [-0.2, -0.15) is 0 Å². The molecule has 1 aromatic carbocycles. The van der Waals surface area contributed by atoms with Crippen molar-refractivity contribution >= 4 is 27.9 Å². The van der Waals surface area contributed by atoms with Gasteiger partial charge >= 0.3 is 12.0 Å². The van der Waals surface area contributed by atoms with Crippen LogP contribution in [-0.4, -0.2) is 23.1 Å². The highest BCUT2D eigenvalue weighted by Gasteiger charge is 2.13. The molecule has 2 amide bonds. The average Bonchev–Trinajstić information content (AvgIpc) is 2.36. The molecule has 0 aromatic heterocycles. The van der Waals surface area contributed by atoms with Crippen molar-refractivity contribution in [3.05, 3.63) is 34.3 Å². The lowest BCUT2D eigenvalue weighted by Gasteiger charge is -2.15. The predicted octanol–water partition coefficient (Wildman–Crippen LogP) is 2.50. The maximum absolute atomic E-state index is 11.6. The first-order chi connectivity index (χ1) is 9.02. The Hall–Kier alpha value is -1.56. The largest absolute Gasteiger partial charge is 0.481 e. The molecule has 1 rings (SSSR count). The summed E-state index contributed by atoms with van der Waals surface area (Å²) in [5, 5.41) is 14.0. The van der Waals surface area contributed by atoms with Gasteiger partial charge in [-0.05, 0) is 18.1 Å². The lowest BCUT2D eigenvalue weighted by molar-refractivity contribution is -0.137. The second-order valence-corrected chi connectivity index (χ2v) is 4.98. The number of hydrogen-bond acceptors (Lipinski definition) is 2. The van der Waals surface area contributed by atoms with E-state index in [1.807, 2.05) is 31.2 Å². The number of carboxylic acids is 1. The van der Waals surface area contributed by atoms with Gasteiger partial charge in [0.15, 0.2) is 0 Å². The Morgan fingerprint density at radius 3 is 2.63 bits per heavy atom. The van der Waals surface area contributed by atoms with Crippen molar-refractivity contribution in [3.63, 3.8) is 0 Å². The summed E-state index contributed by atoms with van der Waals surface area (Å²) >= 11 is 3.39. The number of carbonyl (C=O) groups is 2. The monoisotopic (exact) mass is 328 g/mol. The lowest BCUT2D eigenvalue weighted by Crippen LogP contribution is -2.42. The molecule has 0 fully saturated rings. The molecule has 0 saturated carbocycles. The molecule has 0 aliphatic carbocycles. The Morgan fingerprint density at radius 1 is 1.37 bits per heavy atom. The topological polar surface area (TPSA) is 78.4 Å². The van der Waals surface area contributed by atoms with E-state index in [2.05, 4.69) is 26.6 Å². The molecule has 3 N–H and O–H groups in total. The van der Waals surface area contributed by atoms with Crippen LogP contribution in [0.25, 0.3) is 0 Å². The summed E-state index contributed by atoms with van der Waals surface area (Å²) < 4.78 is 0.924. The minimum atomic E-state index is -0.919. The molecule has 1 unspecified atom stereocenters. The van der Waals surface area contributed by atoms with E-state index in [0.29, 0.717) is 13.0 Å². The van der Waals surface area contributed by atoms with Gasteiger partial charge in [-0.1, -0.05) is 41.1 Å². The molecule has 0 aliphatic rings. The van der Waals surface area contributed by atoms with E-state index in [4.69, 9.17) is 5.11 Å². The third-order valence-electron chi connectivity index (χ3n) is 2.65. The summed E-state index contributed by atoms with van der Waals surface area (Å²) in [5.74, 6) is -0.919. The van der Waals surface area contributed by atoms with Crippen LogP contribution >= 0.6 is 15.9 Å². The Balaban J connectivity index is 2.43. The van der Waals surface area contributed by atoms with Crippen LogP contribution in [0.5, 0.6) is 0 Å². The minimum absolute atomic E-state index is 0.0705. The van der Waals surface area contributed by atoms with Crippen molar-refractivity contribution in [2.24, 2.45) is 0 Å². The van der Waals surface area contributed by atoms with Crippen molar-refractivity contribution in [1.29, 1.82) is 0 Å². The number of rotatable bonds is 6. The van der Waals surface area contributed by atoms with Crippen molar-refractivity contribution < 1.29 is 14.7 Å². The van der Waals surface area contributed by atoms with Gasteiger partial charge < -0.3 is 15.7 Å². The van der Waals surface area contributed by atoms with Gasteiger partial charge in [-0.15, -0.1) is 0 Å². The Labute approximate surface area is 120 Å². The third kappa shape index (κ3) is 5.74. The van der Waals surface area contributed by atoms with Crippen molar-refractivity contribution in [1.82, 2.24) is 10.6 Å². The Kier molecular flexibility index (Phi) is 6.35. The zero-order valence-electron chi connectivity index (χ0n) is 10.6. The Bertz CT molecular complexity index is 451. The summed E-state index contributed by atoms with van der Waals surface area (Å²) in [6, 6.07) is 6.88. The zero-order chi connectivity index (χ0) is 14.3. The molecule has 0 bridgehead atoms. The molecule has 5 nitrogen and oxygen atoms in total. The summed E-state index contributed by atoms with van der Waals surface area (Å²) in [5.41, 5.74) is 0.962. The number of hydrogen-bond donors (Lipinski definition) is 3. The summed E-state index contributed by atoms with van der Waals surface area (Å²) in [6.45, 7) is 2.22. The minimum Gasteiger partial charge on any atom is -0.481 e. The highest BCUT2D eigenvalue weighted by atomic mass is 79.9. The van der Waals surface area contributed by atoms with E-state index in [0.717, 1.165) is 10.0 Å². The van der Waals surface area contributed by atoms with Crippen LogP contribution in [-0.2, 0) is 11.3 Å². The number of urea groups is 1. The van der Waals surface area contributed by atoms with Crippen LogP contribution in [0.3, 0.4) is 0 Å². The number of halogens is 1. The average molecular weight is 329 g/mol. The van der Waals surface area contributed by atoms with Gasteiger partial charge in [-0.25, -0.2) is 4.79 Å². The molecule has 0 radical (unpaired) electrons. The van der Waals surface area contributed by atoms with E-state index in [1.165, 1.54) is 0 Å². The lowest BCUT2D eigenvalue weighted by atomic mass is 10.1. The number of benzene rings is 1. The Morgan fingerprint density at radius 2 is 2.05 bits per heavy atom. The maximum Gasteiger partial charge on any atom is 0.315 e. The molecular weight excluding hydrogens is 312 g/mol. The fraction of sp³-hybridized carbons (Fsp3) is 0.385. The number of amides is 2. The third-order valence-corrected chi connectivity index (χ3v) is 3.42. The van der Waals surface area contributed by atoms with Crippen molar-refractivity contribution in [3.8, 4) is 0 Å². The van der Waals surface area contributed by atoms with Crippen LogP contribution in [0.4, 0.5) is 4.79 Å². The molecule has 0 heterocycles. The zero-order valence-corrected chi connectivity index (χ0v) is 12.2. The van der Waals surface area contributed by atoms with Gasteiger partial charge in [0, 0.05) is 17.1 Å². The molecule has 104 valence electrons. The van der Waals surface area contributed by atoms with Gasteiger partial charge in [0.1, 0.15) is 0 Å². The van der Waals surface area contributed by atoms with Crippen LogP contribution in [0.2, 0.25) is 0 Å². The summed E-state index contributed by atoms with van der Waals surface area (Å²) in [4.78, 5) is 22.2. The van der Waals surface area contributed by atoms with Gasteiger partial charge in [0.2, 0.25) is 0 Å². The number of nitrogens with one attached hydrogen (secondary N) is 2. The summed E-state index contributed by atoms with van der Waals surface area (Å²) in [7, 11) is 0. The molecule has 0 aliphatic heterocycles. The highest BCUT2D eigenvalue weighted by Crippen LogP contribution is 2.15. The van der Waals surface area contributed by atoms with E-state index >= 15 is 0 Å². The smallest absolute Gasteiger partial charge is 0.315 e. The molecule has 19 heavy (non-hydrogen) atoms. The highest BCUT2D eigenvalue weighted by molar-refractivity contribution is 9.10. The molecule has 0 saturated heterocycles. The summed E-state index contributed by atoms with van der Waals surface area (Å²) in [6.07, 6.45) is 0.508. The van der Waals surface area contributed by atoms with Crippen LogP contribution in [0.1, 0.15) is 25.3 Å². The van der Waals surface area contributed by atoms with Crippen molar-refractivity contribution in [2.45, 2.75) is 32.4 Å². The van der Waals surface area contributed by atoms with Gasteiger partial charge in [-0.3, -0.25) is 4.79 Å². The normalized spacial score (nSPS) is 11.7. The molecule has 1 aromatic rings. The second kappa shape index (κ2) is 7.78. The van der Waals surface area contributed by atoms with E-state index in [1.54, 1.807) is 0 Å². The van der Waals surface area contributed by atoms with Gasteiger partial charge in [0.05, 0.1) is 6.42 Å². The van der Waals surface area contributed by atoms with Crippen LogP contribution < -0.4 is 10.6 Å². The fourth-order valence-corrected chi connectivity index (χ4v) is 1.99. The van der Waals surface area contributed by atoms with Crippen LogP contribution in [0, 0.1) is 0 Å². The van der Waals surface area contributed by atoms with Crippen LogP contribution in [0.15, 0.2) is 28.7 Å². The first-order valence-corrected chi connectivity index (χ1v) is 6.81. The maximum atomic E-state index is 11.6. The van der Waals surface area contributed by atoms with E-state index < -0.39 is 5.97 Å². The molecule has 6 heteroatoms. The molecular formula is C13H17BrN2O3. The molecule has 1 atom stereocenters. The van der Waals surface area contributed by atoms with Gasteiger partial charge in [0.25, 0.3) is 0 Å². The second-order valence-electron chi connectivity index (χ2n) is 4.12. The quantitative estimate of drug-likeness (QED) is 0.750. The predicted molar refractivity (Wildman–Crippen MR) is 75.8 cm³/mol. The SMILES string of the molecule is CCC(CC(=O)O)NC(=O)NCc1ccccc1Br. The fourth-order valence-electron chi connectivity index (χ4n) is 1.56. The first-order valence-electron chi connectivity index (χ1n) is 6.02. The van der Waals surface area contributed by atoms with E-state index in [9.17, 15) is 9.59 Å². The number of carbonyl (C=O) groups excluding carboxylic acids is 1. The van der Waals surface area contributed by atoms with E-state index in [-0.39, 0.29) is 18.5 Å². The first kappa shape index (κ1) is 15.5. The number of aliphatic carboxylic acids is 1. The standard InChI is InChI=1S/C13H17BrN2O3/c1-2-10(7-12(17)18)16-13(19)15-8-9-5-3-4-6-11(9)14/h3-6,10H,2,7-8H2,1H3,(H,17,18)(H2,15,16,19). The van der Waals surface area contributed by atoms with Crippen molar-refractivity contribution in [2.75, 3.05) is 0 Å².